The van der Waals surface area contributed by atoms with Gasteiger partial charge in [-0.2, -0.15) is 0 Å². The Kier molecular flexibility index (Phi) is 3.09. The van der Waals surface area contributed by atoms with Crippen molar-refractivity contribution in [3.63, 3.8) is 0 Å². The quantitative estimate of drug-likeness (QED) is 0.870. The molecular formula is C12H9FN2O3. The minimum atomic E-state index is -1.17. The molecule has 2 rings (SSSR count). The number of nitrogens with two attached hydrogens (primary N) is 1. The summed E-state index contributed by atoms with van der Waals surface area (Å²) in [4.78, 5) is 14.7. The number of anilines is 1. The molecule has 18 heavy (non-hydrogen) atoms. The van der Waals surface area contributed by atoms with Crippen LogP contribution in [0.2, 0.25) is 0 Å². The largest absolute Gasteiger partial charge is 0.478 e. The van der Waals surface area contributed by atoms with Gasteiger partial charge in [0.05, 0.1) is 5.56 Å². The summed E-state index contributed by atoms with van der Waals surface area (Å²) in [5, 5.41) is 8.88. The Bertz CT molecular complexity index is 584. The van der Waals surface area contributed by atoms with E-state index < -0.39 is 11.8 Å². The lowest BCUT2D eigenvalue weighted by Crippen LogP contribution is -2.05. The molecule has 92 valence electrons. The molecule has 0 aliphatic rings. The van der Waals surface area contributed by atoms with Crippen molar-refractivity contribution in [3.05, 3.63) is 47.9 Å². The minimum absolute atomic E-state index is 0.0264. The molecule has 0 aliphatic carbocycles. The molecule has 1 heterocycles. The number of pyridine rings is 1. The predicted octanol–water partition coefficient (Wildman–Crippen LogP) is 2.29. The summed E-state index contributed by atoms with van der Waals surface area (Å²) in [6.45, 7) is 0. The predicted molar refractivity (Wildman–Crippen MR) is 62.1 cm³/mol. The smallest absolute Gasteiger partial charge is 0.338 e. The maximum absolute atomic E-state index is 12.7. The van der Waals surface area contributed by atoms with E-state index in [0.717, 1.165) is 0 Å². The van der Waals surface area contributed by atoms with E-state index in [1.54, 1.807) is 0 Å². The molecule has 0 amide bonds. The molecule has 1 aromatic carbocycles. The Balaban J connectivity index is 2.32. The number of carboxylic acids is 1. The van der Waals surface area contributed by atoms with Crippen LogP contribution in [0.25, 0.3) is 0 Å². The molecule has 0 saturated carbocycles. The van der Waals surface area contributed by atoms with Crippen molar-refractivity contribution in [1.29, 1.82) is 0 Å². The number of ether oxygens (including phenoxy) is 1. The minimum Gasteiger partial charge on any atom is -0.478 e. The zero-order valence-corrected chi connectivity index (χ0v) is 9.13. The molecule has 0 saturated heterocycles. The van der Waals surface area contributed by atoms with Crippen molar-refractivity contribution in [2.24, 2.45) is 0 Å². The Labute approximate surface area is 102 Å². The second-order valence-electron chi connectivity index (χ2n) is 3.44. The summed E-state index contributed by atoms with van der Waals surface area (Å²) in [5.74, 6) is -1.28. The van der Waals surface area contributed by atoms with E-state index in [9.17, 15) is 9.18 Å². The summed E-state index contributed by atoms with van der Waals surface area (Å²) in [6.07, 6.45) is 1.28. The number of carbonyl (C=O) groups is 1. The van der Waals surface area contributed by atoms with Crippen LogP contribution in [0.3, 0.4) is 0 Å². The third-order valence-corrected chi connectivity index (χ3v) is 2.21. The molecule has 5 nitrogen and oxygen atoms in total. The van der Waals surface area contributed by atoms with Crippen LogP contribution < -0.4 is 10.5 Å². The Morgan fingerprint density at radius 1 is 1.28 bits per heavy atom. The SMILES string of the molecule is Nc1c(C(=O)O)ccnc1Oc1ccc(F)cc1. The van der Waals surface area contributed by atoms with Crippen LogP contribution in [-0.4, -0.2) is 16.1 Å². The topological polar surface area (TPSA) is 85.4 Å². The number of nitrogens with zero attached hydrogens (tertiary/aromatic N) is 1. The highest BCUT2D eigenvalue weighted by Gasteiger charge is 2.13. The number of hydrogen-bond acceptors (Lipinski definition) is 4. The van der Waals surface area contributed by atoms with Crippen LogP contribution in [0.15, 0.2) is 36.5 Å². The molecule has 0 fully saturated rings. The third-order valence-electron chi connectivity index (χ3n) is 2.21. The van der Waals surface area contributed by atoms with E-state index in [2.05, 4.69) is 4.98 Å². The zero-order chi connectivity index (χ0) is 13.1. The Morgan fingerprint density at radius 3 is 2.56 bits per heavy atom. The normalized spacial score (nSPS) is 10.1. The lowest BCUT2D eigenvalue weighted by Gasteiger charge is -2.08. The first-order valence-electron chi connectivity index (χ1n) is 4.99. The van der Waals surface area contributed by atoms with Crippen LogP contribution >= 0.6 is 0 Å². The summed E-state index contributed by atoms with van der Waals surface area (Å²) >= 11 is 0. The first-order valence-corrected chi connectivity index (χ1v) is 4.99. The van der Waals surface area contributed by atoms with Crippen LogP contribution in [0.4, 0.5) is 10.1 Å². The molecule has 1 aromatic heterocycles. The lowest BCUT2D eigenvalue weighted by molar-refractivity contribution is 0.0697. The Morgan fingerprint density at radius 2 is 1.94 bits per heavy atom. The number of aromatic carboxylic acids is 1. The average Bonchev–Trinajstić information content (AvgIpc) is 2.34. The van der Waals surface area contributed by atoms with Gasteiger partial charge in [-0.15, -0.1) is 0 Å². The van der Waals surface area contributed by atoms with Gasteiger partial charge in [0.2, 0.25) is 5.88 Å². The summed E-state index contributed by atoms with van der Waals surface area (Å²) in [5.41, 5.74) is 5.45. The van der Waals surface area contributed by atoms with Crippen LogP contribution in [0.5, 0.6) is 11.6 Å². The fourth-order valence-corrected chi connectivity index (χ4v) is 1.34. The average molecular weight is 248 g/mol. The van der Waals surface area contributed by atoms with E-state index in [4.69, 9.17) is 15.6 Å². The molecule has 0 atom stereocenters. The number of hydrogen-bond donors (Lipinski definition) is 2. The molecule has 0 radical (unpaired) electrons. The van der Waals surface area contributed by atoms with Crippen LogP contribution in [0.1, 0.15) is 10.4 Å². The highest BCUT2D eigenvalue weighted by molar-refractivity contribution is 5.94. The van der Waals surface area contributed by atoms with E-state index >= 15 is 0 Å². The van der Waals surface area contributed by atoms with Crippen molar-refractivity contribution in [2.75, 3.05) is 5.73 Å². The highest BCUT2D eigenvalue weighted by Crippen LogP contribution is 2.27. The molecule has 6 heteroatoms. The fraction of sp³-hybridized carbons (Fsp3) is 0. The van der Waals surface area contributed by atoms with Gasteiger partial charge in [-0.25, -0.2) is 14.2 Å². The van der Waals surface area contributed by atoms with Crippen molar-refractivity contribution < 1.29 is 19.0 Å². The van der Waals surface area contributed by atoms with Crippen molar-refractivity contribution >= 4 is 11.7 Å². The van der Waals surface area contributed by atoms with Gasteiger partial charge in [0, 0.05) is 6.20 Å². The molecule has 2 aromatic rings. The summed E-state index contributed by atoms with van der Waals surface area (Å²) in [7, 11) is 0. The summed E-state index contributed by atoms with van der Waals surface area (Å²) in [6, 6.07) is 6.49. The fourth-order valence-electron chi connectivity index (χ4n) is 1.34. The third kappa shape index (κ3) is 2.37. The van der Waals surface area contributed by atoms with Gasteiger partial charge in [-0.1, -0.05) is 0 Å². The van der Waals surface area contributed by atoms with Crippen molar-refractivity contribution in [3.8, 4) is 11.6 Å². The van der Waals surface area contributed by atoms with Gasteiger partial charge in [-0.3, -0.25) is 0 Å². The van der Waals surface area contributed by atoms with Gasteiger partial charge in [0.25, 0.3) is 0 Å². The molecule has 3 N–H and O–H groups in total. The maximum atomic E-state index is 12.7. The number of rotatable bonds is 3. The van der Waals surface area contributed by atoms with Gasteiger partial charge in [0.1, 0.15) is 17.3 Å². The standard InChI is InChI=1S/C12H9FN2O3/c13-7-1-3-8(4-2-7)18-11-10(14)9(12(16)17)5-6-15-11/h1-6H,14H2,(H,16,17). The van der Waals surface area contributed by atoms with Gasteiger partial charge in [-0.05, 0) is 30.3 Å². The number of benzene rings is 1. The van der Waals surface area contributed by atoms with Crippen molar-refractivity contribution in [1.82, 2.24) is 4.98 Å². The Hall–Kier alpha value is -2.63. The number of nitrogen functional groups attached to an aromatic ring is 1. The number of halogens is 1. The number of carboxylic acid groups (broad SMARTS) is 1. The monoisotopic (exact) mass is 248 g/mol. The summed E-state index contributed by atoms with van der Waals surface area (Å²) < 4.78 is 18.0. The molecular weight excluding hydrogens is 239 g/mol. The van der Waals surface area contributed by atoms with Crippen LogP contribution in [0, 0.1) is 5.82 Å². The van der Waals surface area contributed by atoms with E-state index in [1.807, 2.05) is 0 Å². The first kappa shape index (κ1) is 11.8. The molecule has 0 spiro atoms. The van der Waals surface area contributed by atoms with Crippen molar-refractivity contribution in [2.45, 2.75) is 0 Å². The van der Waals surface area contributed by atoms with Crippen LogP contribution in [-0.2, 0) is 0 Å². The molecule has 0 bridgehead atoms. The van der Waals surface area contributed by atoms with Gasteiger partial charge < -0.3 is 15.6 Å². The maximum Gasteiger partial charge on any atom is 0.338 e. The second-order valence-corrected chi connectivity index (χ2v) is 3.44. The second kappa shape index (κ2) is 4.70. The first-order chi connectivity index (χ1) is 8.58. The molecule has 0 unspecified atom stereocenters. The van der Waals surface area contributed by atoms with Gasteiger partial charge in [0.15, 0.2) is 0 Å². The van der Waals surface area contributed by atoms with E-state index in [1.165, 1.54) is 36.5 Å². The zero-order valence-electron chi connectivity index (χ0n) is 9.13. The van der Waals surface area contributed by atoms with E-state index in [-0.39, 0.29) is 17.1 Å². The number of aromatic nitrogens is 1. The van der Waals surface area contributed by atoms with Gasteiger partial charge >= 0.3 is 5.97 Å². The highest BCUT2D eigenvalue weighted by atomic mass is 19.1. The lowest BCUT2D eigenvalue weighted by atomic mass is 10.2. The van der Waals surface area contributed by atoms with E-state index in [0.29, 0.717) is 5.75 Å². The molecule has 0 aliphatic heterocycles.